The molecule has 2 aromatic rings. The van der Waals surface area contributed by atoms with Crippen molar-refractivity contribution in [2.75, 3.05) is 7.11 Å². The first-order valence-corrected chi connectivity index (χ1v) is 12.6. The average molecular weight is 468 g/mol. The second-order valence-electron chi connectivity index (χ2n) is 9.46. The summed E-state index contributed by atoms with van der Waals surface area (Å²) in [5.41, 5.74) is -0.207. The number of imidazole rings is 1. The van der Waals surface area contributed by atoms with Crippen molar-refractivity contribution in [3.05, 3.63) is 34.3 Å². The van der Waals surface area contributed by atoms with Crippen LogP contribution in [0.1, 0.15) is 63.4 Å². The van der Waals surface area contributed by atoms with Crippen LogP contribution in [0.15, 0.2) is 17.9 Å². The maximum atomic E-state index is 13.7. The topological polar surface area (TPSA) is 114 Å². The Labute approximate surface area is 186 Å². The van der Waals surface area contributed by atoms with Crippen LogP contribution in [0.4, 0.5) is 0 Å². The van der Waals surface area contributed by atoms with Gasteiger partial charge in [0.05, 0.1) is 24.1 Å². The fourth-order valence-corrected chi connectivity index (χ4v) is 8.13. The molecule has 0 aromatic carbocycles. The molecule has 0 saturated heterocycles. The fraction of sp³-hybridized carbons (Fsp3) is 0.619. The van der Waals surface area contributed by atoms with Crippen LogP contribution in [0, 0.1) is 6.92 Å². The van der Waals surface area contributed by atoms with Crippen LogP contribution < -0.4 is 0 Å². The van der Waals surface area contributed by atoms with Crippen molar-refractivity contribution in [1.29, 1.82) is 0 Å². The lowest BCUT2D eigenvalue weighted by atomic mass is 9.99. The van der Waals surface area contributed by atoms with Gasteiger partial charge in [-0.3, -0.25) is 0 Å². The van der Waals surface area contributed by atoms with Crippen LogP contribution in [0.2, 0.25) is 0 Å². The third kappa shape index (κ3) is 3.35. The molecule has 10 heteroatoms. The molecule has 8 nitrogen and oxygen atoms in total. The molecule has 1 unspecified atom stereocenters. The van der Waals surface area contributed by atoms with Gasteiger partial charge in [0.15, 0.2) is 9.84 Å². The Hall–Kier alpha value is -1.75. The molecule has 2 heterocycles. The highest BCUT2D eigenvalue weighted by Crippen LogP contribution is 2.55. The second-order valence-corrected chi connectivity index (χ2v) is 12.9. The van der Waals surface area contributed by atoms with Gasteiger partial charge in [-0.1, -0.05) is 17.4 Å². The van der Waals surface area contributed by atoms with Gasteiger partial charge in [0.2, 0.25) is 4.96 Å². The number of sulfone groups is 1. The number of aromatic nitrogens is 3. The Balaban J connectivity index is 1.79. The van der Waals surface area contributed by atoms with Crippen molar-refractivity contribution in [3.8, 4) is 0 Å². The van der Waals surface area contributed by atoms with E-state index in [2.05, 4.69) is 10.1 Å². The number of nitrogens with zero attached hydrogens (tertiary/aromatic N) is 3. The first kappa shape index (κ1) is 22.4. The van der Waals surface area contributed by atoms with Gasteiger partial charge >= 0.3 is 0 Å². The quantitative estimate of drug-likeness (QED) is 0.671. The van der Waals surface area contributed by atoms with Gasteiger partial charge in [0, 0.05) is 0 Å². The zero-order valence-corrected chi connectivity index (χ0v) is 20.3. The summed E-state index contributed by atoms with van der Waals surface area (Å²) >= 11 is 1.30. The van der Waals surface area contributed by atoms with Crippen molar-refractivity contribution in [2.45, 2.75) is 75.1 Å². The fourth-order valence-electron chi connectivity index (χ4n) is 4.39. The number of fused-ring (bicyclic) bond motifs is 1. The van der Waals surface area contributed by atoms with Gasteiger partial charge in [-0.25, -0.2) is 17.9 Å². The van der Waals surface area contributed by atoms with E-state index in [1.807, 2.05) is 13.0 Å². The summed E-state index contributed by atoms with van der Waals surface area (Å²) in [5.74, 6) is 0.369. The number of aliphatic hydroxyl groups is 2. The molecule has 1 saturated carbocycles. The smallest absolute Gasteiger partial charge is 0.213 e. The van der Waals surface area contributed by atoms with Crippen LogP contribution in [-0.4, -0.2) is 55.9 Å². The molecule has 4 rings (SSSR count). The number of ether oxygens (including phenoxy) is 1. The minimum Gasteiger partial charge on any atom is -0.500 e. The molecule has 0 radical (unpaired) electrons. The number of rotatable bonds is 6. The third-order valence-corrected chi connectivity index (χ3v) is 10.7. The summed E-state index contributed by atoms with van der Waals surface area (Å²) < 4.78 is 33.4. The van der Waals surface area contributed by atoms with Crippen molar-refractivity contribution in [1.82, 2.24) is 14.6 Å². The normalized spacial score (nSPS) is 21.7. The van der Waals surface area contributed by atoms with E-state index in [4.69, 9.17) is 4.74 Å². The van der Waals surface area contributed by atoms with Gasteiger partial charge < -0.3 is 14.9 Å². The van der Waals surface area contributed by atoms with Crippen molar-refractivity contribution in [2.24, 2.45) is 0 Å². The SMILES string of the molecule is COC1=CC=C(c2c(C)nc3sc(C(C)(C)O)nn23)CC1S(=O)(=O)C1(C(C)(C)O)CC1. The molecular formula is C21H29N3O5S2. The molecule has 1 fully saturated rings. The lowest BCUT2D eigenvalue weighted by molar-refractivity contribution is 0.0663. The Morgan fingerprint density at radius 2 is 1.87 bits per heavy atom. The molecule has 0 aliphatic heterocycles. The number of allylic oxidation sites excluding steroid dienone is 3. The predicted molar refractivity (Wildman–Crippen MR) is 120 cm³/mol. The van der Waals surface area contributed by atoms with E-state index in [-0.39, 0.29) is 6.42 Å². The molecular weight excluding hydrogens is 438 g/mol. The van der Waals surface area contributed by atoms with E-state index < -0.39 is 31.0 Å². The molecule has 0 spiro atoms. The Morgan fingerprint density at radius 1 is 1.23 bits per heavy atom. The van der Waals surface area contributed by atoms with Gasteiger partial charge in [-0.2, -0.15) is 5.10 Å². The van der Waals surface area contributed by atoms with Gasteiger partial charge in [-0.15, -0.1) is 0 Å². The molecule has 2 aliphatic carbocycles. The predicted octanol–water partition coefficient (Wildman–Crippen LogP) is 2.73. The molecule has 1 atom stereocenters. The first-order chi connectivity index (χ1) is 14.2. The molecule has 0 amide bonds. The minimum absolute atomic E-state index is 0.198. The standard InChI is InChI=1S/C21H29N3O5S2/c1-12-16(24-18(22-12)30-17(23-24)19(2,3)25)13-7-8-14(29-6)15(11-13)31(27,28)21(9-10-21)20(4,5)26/h7-8,15,25-26H,9-11H2,1-6H3. The van der Waals surface area contributed by atoms with E-state index in [9.17, 15) is 18.6 Å². The highest BCUT2D eigenvalue weighted by Gasteiger charge is 2.65. The van der Waals surface area contributed by atoms with E-state index in [1.54, 1.807) is 38.3 Å². The zero-order valence-electron chi connectivity index (χ0n) is 18.6. The van der Waals surface area contributed by atoms with Gasteiger partial charge in [-0.05, 0) is 65.5 Å². The van der Waals surface area contributed by atoms with Crippen LogP contribution in [0.5, 0.6) is 0 Å². The van der Waals surface area contributed by atoms with Crippen LogP contribution in [0.25, 0.3) is 10.5 Å². The molecule has 2 aliphatic rings. The number of hydrogen-bond acceptors (Lipinski definition) is 8. The lowest BCUT2D eigenvalue weighted by Crippen LogP contribution is -2.49. The van der Waals surface area contributed by atoms with Crippen LogP contribution in [0.3, 0.4) is 0 Å². The highest BCUT2D eigenvalue weighted by atomic mass is 32.2. The monoisotopic (exact) mass is 467 g/mol. The maximum absolute atomic E-state index is 13.7. The van der Waals surface area contributed by atoms with Gasteiger partial charge in [0.1, 0.15) is 26.4 Å². The molecule has 170 valence electrons. The summed E-state index contributed by atoms with van der Waals surface area (Å²) in [6, 6.07) is 0. The Morgan fingerprint density at radius 3 is 2.39 bits per heavy atom. The Bertz CT molecular complexity index is 1200. The highest BCUT2D eigenvalue weighted by molar-refractivity contribution is 7.94. The van der Waals surface area contributed by atoms with E-state index in [0.717, 1.165) is 17.0 Å². The molecule has 0 bridgehead atoms. The summed E-state index contributed by atoms with van der Waals surface area (Å²) in [6.45, 7) is 8.32. The number of aryl methyl sites for hydroxylation is 1. The summed E-state index contributed by atoms with van der Waals surface area (Å²) in [4.78, 5) is 5.22. The minimum atomic E-state index is -3.75. The molecule has 31 heavy (non-hydrogen) atoms. The molecule has 2 N–H and O–H groups in total. The Kier molecular flexibility index (Phi) is 4.98. The van der Waals surface area contributed by atoms with Crippen LogP contribution in [-0.2, 0) is 20.2 Å². The summed E-state index contributed by atoms with van der Waals surface area (Å²) in [5, 5.41) is 25.2. The largest absolute Gasteiger partial charge is 0.500 e. The van der Waals surface area contributed by atoms with E-state index in [1.165, 1.54) is 18.4 Å². The number of methoxy groups -OCH3 is 1. The van der Waals surface area contributed by atoms with E-state index >= 15 is 0 Å². The van der Waals surface area contributed by atoms with E-state index in [0.29, 0.717) is 28.6 Å². The van der Waals surface area contributed by atoms with Crippen LogP contribution >= 0.6 is 11.3 Å². The maximum Gasteiger partial charge on any atom is 0.213 e. The summed E-state index contributed by atoms with van der Waals surface area (Å²) in [6.07, 6.45) is 4.59. The average Bonchev–Trinajstić information content (AvgIpc) is 3.31. The van der Waals surface area contributed by atoms with Crippen molar-refractivity contribution >= 4 is 31.7 Å². The third-order valence-electron chi connectivity index (χ3n) is 6.35. The number of hydrogen-bond donors (Lipinski definition) is 2. The zero-order chi connectivity index (χ0) is 23.0. The van der Waals surface area contributed by atoms with Gasteiger partial charge in [0.25, 0.3) is 0 Å². The summed E-state index contributed by atoms with van der Waals surface area (Å²) in [7, 11) is -2.28. The molecule has 2 aromatic heterocycles. The second kappa shape index (κ2) is 6.87. The van der Waals surface area contributed by atoms with Crippen molar-refractivity contribution < 1.29 is 23.4 Å². The van der Waals surface area contributed by atoms with Crippen molar-refractivity contribution in [3.63, 3.8) is 0 Å². The lowest BCUT2D eigenvalue weighted by Gasteiger charge is -2.34. The first-order valence-electron chi connectivity index (χ1n) is 10.2.